The second-order valence-electron chi connectivity index (χ2n) is 5.19. The molecular weight excluding hydrogens is 222 g/mol. The van der Waals surface area contributed by atoms with Crippen LogP contribution >= 0.6 is 11.3 Å². The molecular formula is C12H15NO2S. The number of hydrogen-bond acceptors (Lipinski definition) is 3. The van der Waals surface area contributed by atoms with Gasteiger partial charge in [-0.2, -0.15) is 0 Å². The number of hydrogen-bond donors (Lipinski definition) is 1. The van der Waals surface area contributed by atoms with E-state index >= 15 is 0 Å². The molecule has 1 N–H and O–H groups in total. The smallest absolute Gasteiger partial charge is 0.310 e. The van der Waals surface area contributed by atoms with E-state index in [1.54, 1.807) is 16.8 Å². The first-order chi connectivity index (χ1) is 7.71. The van der Waals surface area contributed by atoms with Crippen LogP contribution in [-0.4, -0.2) is 16.1 Å². The van der Waals surface area contributed by atoms with Gasteiger partial charge in [0.1, 0.15) is 0 Å². The third kappa shape index (κ3) is 1.39. The molecule has 3 unspecified atom stereocenters. The Hall–Kier alpha value is -0.900. The molecule has 16 heavy (non-hydrogen) atoms. The van der Waals surface area contributed by atoms with Gasteiger partial charge in [0, 0.05) is 11.1 Å². The third-order valence-electron chi connectivity index (χ3n) is 4.37. The molecule has 0 amide bonds. The lowest BCUT2D eigenvalue weighted by molar-refractivity contribution is -0.152. The molecule has 1 heterocycles. The monoisotopic (exact) mass is 237 g/mol. The van der Waals surface area contributed by atoms with E-state index in [2.05, 4.69) is 4.98 Å². The molecule has 2 fully saturated rings. The number of carbonyl (C=O) groups is 1. The highest BCUT2D eigenvalue weighted by molar-refractivity contribution is 7.09. The van der Waals surface area contributed by atoms with Gasteiger partial charge in [0.25, 0.3) is 0 Å². The molecule has 86 valence electrons. The average molecular weight is 237 g/mol. The van der Waals surface area contributed by atoms with Crippen LogP contribution in [0.25, 0.3) is 0 Å². The van der Waals surface area contributed by atoms with Gasteiger partial charge in [-0.25, -0.2) is 0 Å². The van der Waals surface area contributed by atoms with E-state index < -0.39 is 11.4 Å². The lowest BCUT2D eigenvalue weighted by Gasteiger charge is -2.33. The normalized spacial score (nSPS) is 36.8. The molecule has 0 aliphatic heterocycles. The van der Waals surface area contributed by atoms with Crippen LogP contribution in [0.3, 0.4) is 0 Å². The van der Waals surface area contributed by atoms with Gasteiger partial charge in [0.05, 0.1) is 10.9 Å². The first kappa shape index (κ1) is 10.3. The van der Waals surface area contributed by atoms with Crippen molar-refractivity contribution >= 4 is 17.3 Å². The maximum atomic E-state index is 11.6. The number of carboxylic acids is 1. The van der Waals surface area contributed by atoms with Gasteiger partial charge < -0.3 is 5.11 Å². The number of carboxylic acid groups (broad SMARTS) is 1. The zero-order valence-corrected chi connectivity index (χ0v) is 9.87. The largest absolute Gasteiger partial charge is 0.481 e. The summed E-state index contributed by atoms with van der Waals surface area (Å²) >= 11 is 1.58. The molecule has 3 atom stereocenters. The lowest BCUT2D eigenvalue weighted by atomic mass is 9.70. The van der Waals surface area contributed by atoms with E-state index in [0.717, 1.165) is 24.1 Å². The summed E-state index contributed by atoms with van der Waals surface area (Å²) in [7, 11) is 0. The van der Waals surface area contributed by atoms with Crippen LogP contribution in [0.5, 0.6) is 0 Å². The Morgan fingerprint density at radius 2 is 2.50 bits per heavy atom. The summed E-state index contributed by atoms with van der Waals surface area (Å²) in [5, 5.41) is 9.57. The van der Waals surface area contributed by atoms with E-state index in [0.29, 0.717) is 18.3 Å². The summed E-state index contributed by atoms with van der Waals surface area (Å²) < 4.78 is 0. The van der Waals surface area contributed by atoms with E-state index in [-0.39, 0.29) is 0 Å². The Kier molecular flexibility index (Phi) is 2.28. The number of aromatic nitrogens is 1. The minimum Gasteiger partial charge on any atom is -0.481 e. The summed E-state index contributed by atoms with van der Waals surface area (Å²) in [5.74, 6) is 0.472. The number of aliphatic carboxylic acids is 1. The van der Waals surface area contributed by atoms with Crippen LogP contribution in [0, 0.1) is 17.3 Å². The molecule has 2 aliphatic rings. The Bertz CT molecular complexity index is 403. The topological polar surface area (TPSA) is 50.2 Å². The molecule has 0 saturated heterocycles. The quantitative estimate of drug-likeness (QED) is 0.879. The first-order valence-electron chi connectivity index (χ1n) is 5.81. The van der Waals surface area contributed by atoms with Crippen LogP contribution in [-0.2, 0) is 11.2 Å². The summed E-state index contributed by atoms with van der Waals surface area (Å²) in [5.41, 5.74) is 1.31. The number of nitrogens with zero attached hydrogens (tertiary/aromatic N) is 1. The van der Waals surface area contributed by atoms with Crippen molar-refractivity contribution in [2.75, 3.05) is 0 Å². The van der Waals surface area contributed by atoms with Gasteiger partial charge in [-0.3, -0.25) is 9.78 Å². The first-order valence-corrected chi connectivity index (χ1v) is 6.69. The number of rotatable bonds is 3. The van der Waals surface area contributed by atoms with E-state index in [1.807, 2.05) is 6.20 Å². The zero-order chi connectivity index (χ0) is 11.2. The minimum atomic E-state index is -0.590. The standard InChI is InChI=1S/C12H15NO2S/c14-11(15)12(5-10-6-13-7-16-10)4-8-1-2-9(12)3-8/h6-9H,1-5H2,(H,14,15). The fourth-order valence-electron chi connectivity index (χ4n) is 3.64. The van der Waals surface area contributed by atoms with Crippen molar-refractivity contribution < 1.29 is 9.90 Å². The second-order valence-corrected chi connectivity index (χ2v) is 6.16. The molecule has 0 spiro atoms. The van der Waals surface area contributed by atoms with Crippen LogP contribution < -0.4 is 0 Å². The fraction of sp³-hybridized carbons (Fsp3) is 0.667. The Morgan fingerprint density at radius 3 is 3.00 bits per heavy atom. The van der Waals surface area contributed by atoms with Gasteiger partial charge in [-0.1, -0.05) is 6.42 Å². The van der Waals surface area contributed by atoms with E-state index in [1.165, 1.54) is 6.42 Å². The van der Waals surface area contributed by atoms with Gasteiger partial charge in [0.15, 0.2) is 0 Å². The van der Waals surface area contributed by atoms with E-state index in [4.69, 9.17) is 0 Å². The van der Waals surface area contributed by atoms with Crippen molar-refractivity contribution in [3.63, 3.8) is 0 Å². The average Bonchev–Trinajstić information content (AvgIpc) is 2.92. The molecule has 1 aromatic heterocycles. The van der Waals surface area contributed by atoms with Crippen molar-refractivity contribution in [2.24, 2.45) is 17.3 Å². The predicted molar refractivity (Wildman–Crippen MR) is 61.3 cm³/mol. The van der Waals surface area contributed by atoms with Gasteiger partial charge in [-0.05, 0) is 37.5 Å². The van der Waals surface area contributed by atoms with Crippen molar-refractivity contribution in [3.05, 3.63) is 16.6 Å². The van der Waals surface area contributed by atoms with Crippen LogP contribution in [0.15, 0.2) is 11.7 Å². The molecule has 3 nitrogen and oxygen atoms in total. The van der Waals surface area contributed by atoms with Crippen molar-refractivity contribution in [1.29, 1.82) is 0 Å². The molecule has 1 aromatic rings. The van der Waals surface area contributed by atoms with Crippen LogP contribution in [0.1, 0.15) is 30.6 Å². The molecule has 2 aliphatic carbocycles. The number of fused-ring (bicyclic) bond motifs is 2. The highest BCUT2D eigenvalue weighted by Crippen LogP contribution is 2.57. The number of thiazole rings is 1. The fourth-order valence-corrected chi connectivity index (χ4v) is 4.36. The van der Waals surface area contributed by atoms with Gasteiger partial charge >= 0.3 is 5.97 Å². The lowest BCUT2D eigenvalue weighted by Crippen LogP contribution is -2.38. The van der Waals surface area contributed by atoms with Crippen LogP contribution in [0.2, 0.25) is 0 Å². The maximum Gasteiger partial charge on any atom is 0.310 e. The maximum absolute atomic E-state index is 11.6. The molecule has 2 bridgehead atoms. The Morgan fingerprint density at radius 1 is 1.62 bits per heavy atom. The van der Waals surface area contributed by atoms with Crippen LogP contribution in [0.4, 0.5) is 0 Å². The zero-order valence-electron chi connectivity index (χ0n) is 9.06. The SMILES string of the molecule is O=C(O)C1(Cc2cncs2)CC2CCC1C2. The minimum absolute atomic E-state index is 0.400. The summed E-state index contributed by atoms with van der Waals surface area (Å²) in [6.45, 7) is 0. The summed E-state index contributed by atoms with van der Waals surface area (Å²) in [4.78, 5) is 16.8. The molecule has 3 rings (SSSR count). The molecule has 0 aromatic carbocycles. The Balaban J connectivity index is 1.89. The van der Waals surface area contributed by atoms with Crippen molar-refractivity contribution in [2.45, 2.75) is 32.1 Å². The van der Waals surface area contributed by atoms with E-state index in [9.17, 15) is 9.90 Å². The molecule has 2 saturated carbocycles. The molecule has 4 heteroatoms. The summed E-state index contributed by atoms with van der Waals surface area (Å²) in [6.07, 6.45) is 6.86. The van der Waals surface area contributed by atoms with Crippen molar-refractivity contribution in [1.82, 2.24) is 4.98 Å². The van der Waals surface area contributed by atoms with Crippen molar-refractivity contribution in [3.8, 4) is 0 Å². The highest BCUT2D eigenvalue weighted by Gasteiger charge is 2.55. The Labute approximate surface area is 98.5 Å². The predicted octanol–water partition coefficient (Wildman–Crippen LogP) is 2.58. The summed E-state index contributed by atoms with van der Waals surface area (Å²) in [6, 6.07) is 0. The highest BCUT2D eigenvalue weighted by atomic mass is 32.1. The third-order valence-corrected chi connectivity index (χ3v) is 5.15. The molecule has 0 radical (unpaired) electrons. The second kappa shape index (κ2) is 3.55. The van der Waals surface area contributed by atoms with Gasteiger partial charge in [0.2, 0.25) is 0 Å². The van der Waals surface area contributed by atoms with Gasteiger partial charge in [-0.15, -0.1) is 11.3 Å².